The Morgan fingerprint density at radius 1 is 1.42 bits per heavy atom. The first-order chi connectivity index (χ1) is 11.4. The van der Waals surface area contributed by atoms with Crippen molar-refractivity contribution in [1.82, 2.24) is 25.2 Å². The minimum Gasteiger partial charge on any atom is -0.356 e. The van der Waals surface area contributed by atoms with Crippen molar-refractivity contribution in [3.05, 3.63) is 30.2 Å². The molecule has 2 aromatic heterocycles. The van der Waals surface area contributed by atoms with Gasteiger partial charge in [-0.15, -0.1) is 34.2 Å². The van der Waals surface area contributed by atoms with E-state index >= 15 is 0 Å². The molecule has 1 aliphatic heterocycles. The van der Waals surface area contributed by atoms with Gasteiger partial charge in [0.25, 0.3) is 0 Å². The second-order valence-corrected chi connectivity index (χ2v) is 6.86. The molecule has 1 unspecified atom stereocenters. The van der Waals surface area contributed by atoms with Crippen molar-refractivity contribution in [3.8, 4) is 0 Å². The standard InChI is InChI=1S/C16H24N6S.HI/c1-17-16(19-13-6-5-11-23-12-13)18-9-4-8-15-21-20-14-7-2-3-10-22(14)15;/h2-3,7,10,13H,4-6,8-9,11-12H2,1H3,(H2,17,18,19);1H. The van der Waals surface area contributed by atoms with Crippen molar-refractivity contribution in [2.24, 2.45) is 4.99 Å². The molecule has 24 heavy (non-hydrogen) atoms. The van der Waals surface area contributed by atoms with Gasteiger partial charge in [-0.2, -0.15) is 11.8 Å². The van der Waals surface area contributed by atoms with Crippen LogP contribution in [0.2, 0.25) is 0 Å². The van der Waals surface area contributed by atoms with E-state index in [0.717, 1.165) is 36.8 Å². The fraction of sp³-hybridized carbons (Fsp3) is 0.562. The van der Waals surface area contributed by atoms with Gasteiger partial charge in [0.15, 0.2) is 11.6 Å². The third-order valence-electron chi connectivity index (χ3n) is 3.98. The molecule has 0 bridgehead atoms. The number of aromatic nitrogens is 3. The molecule has 1 atom stereocenters. The molecule has 0 aliphatic carbocycles. The van der Waals surface area contributed by atoms with Crippen molar-refractivity contribution in [1.29, 1.82) is 0 Å². The molecule has 0 radical (unpaired) electrons. The molecular weight excluding hydrogens is 435 g/mol. The first kappa shape index (κ1) is 19.3. The van der Waals surface area contributed by atoms with Crippen molar-refractivity contribution in [2.75, 3.05) is 25.1 Å². The lowest BCUT2D eigenvalue weighted by atomic mass is 10.2. The number of guanidine groups is 1. The van der Waals surface area contributed by atoms with Crippen LogP contribution >= 0.6 is 35.7 Å². The second kappa shape index (κ2) is 10.1. The smallest absolute Gasteiger partial charge is 0.191 e. The third-order valence-corrected chi connectivity index (χ3v) is 5.19. The highest BCUT2D eigenvalue weighted by Gasteiger charge is 2.14. The normalized spacial score (nSPS) is 18.2. The molecule has 1 fully saturated rings. The minimum atomic E-state index is 0. The zero-order valence-electron chi connectivity index (χ0n) is 13.9. The van der Waals surface area contributed by atoms with Gasteiger partial charge in [0.1, 0.15) is 5.82 Å². The molecule has 6 nitrogen and oxygen atoms in total. The fourth-order valence-corrected chi connectivity index (χ4v) is 3.83. The van der Waals surface area contributed by atoms with Gasteiger partial charge in [-0.1, -0.05) is 6.07 Å². The molecule has 132 valence electrons. The lowest BCUT2D eigenvalue weighted by molar-refractivity contribution is 0.580. The Bertz CT molecular complexity index is 653. The van der Waals surface area contributed by atoms with Gasteiger partial charge in [0.2, 0.25) is 0 Å². The molecule has 0 spiro atoms. The van der Waals surface area contributed by atoms with Crippen molar-refractivity contribution < 1.29 is 0 Å². The predicted octanol–water partition coefficient (Wildman–Crippen LogP) is 2.34. The summed E-state index contributed by atoms with van der Waals surface area (Å²) in [6, 6.07) is 6.50. The summed E-state index contributed by atoms with van der Waals surface area (Å²) in [4.78, 5) is 4.32. The molecule has 0 amide bonds. The Labute approximate surface area is 164 Å². The number of rotatable bonds is 5. The largest absolute Gasteiger partial charge is 0.356 e. The van der Waals surface area contributed by atoms with Crippen LogP contribution in [0.25, 0.3) is 5.65 Å². The Morgan fingerprint density at radius 3 is 3.12 bits per heavy atom. The molecule has 2 N–H and O–H groups in total. The third kappa shape index (κ3) is 5.23. The SMILES string of the molecule is CN=C(NCCCc1nnc2ccccn12)NC1CCCSC1.I. The van der Waals surface area contributed by atoms with Crippen LogP contribution in [0, 0.1) is 0 Å². The number of thioether (sulfide) groups is 1. The van der Waals surface area contributed by atoms with E-state index in [4.69, 9.17) is 0 Å². The summed E-state index contributed by atoms with van der Waals surface area (Å²) in [7, 11) is 1.83. The summed E-state index contributed by atoms with van der Waals surface area (Å²) in [5, 5.41) is 15.4. The molecule has 3 rings (SSSR count). The Morgan fingerprint density at radius 2 is 2.33 bits per heavy atom. The number of nitrogens with one attached hydrogen (secondary N) is 2. The summed E-state index contributed by atoms with van der Waals surface area (Å²) in [6.07, 6.45) is 6.43. The lowest BCUT2D eigenvalue weighted by Crippen LogP contribution is -2.45. The first-order valence-corrected chi connectivity index (χ1v) is 9.36. The number of halogens is 1. The van der Waals surface area contributed by atoms with E-state index in [1.165, 1.54) is 24.3 Å². The van der Waals surface area contributed by atoms with Crippen LogP contribution in [0.15, 0.2) is 29.4 Å². The number of aryl methyl sites for hydroxylation is 1. The average Bonchev–Trinajstić information content (AvgIpc) is 3.02. The Hall–Kier alpha value is -1.03. The Kier molecular flexibility index (Phi) is 8.10. The van der Waals surface area contributed by atoms with E-state index < -0.39 is 0 Å². The summed E-state index contributed by atoms with van der Waals surface area (Å²) in [5.74, 6) is 4.38. The van der Waals surface area contributed by atoms with Crippen molar-refractivity contribution in [3.63, 3.8) is 0 Å². The monoisotopic (exact) mass is 460 g/mol. The predicted molar refractivity (Wildman–Crippen MR) is 112 cm³/mol. The van der Waals surface area contributed by atoms with E-state index in [0.29, 0.717) is 6.04 Å². The molecule has 0 saturated carbocycles. The molecule has 1 aliphatic rings. The van der Waals surface area contributed by atoms with Gasteiger partial charge >= 0.3 is 0 Å². The lowest BCUT2D eigenvalue weighted by Gasteiger charge is -2.24. The van der Waals surface area contributed by atoms with Crippen LogP contribution in [-0.4, -0.2) is 51.7 Å². The van der Waals surface area contributed by atoms with Gasteiger partial charge < -0.3 is 10.6 Å². The number of nitrogens with zero attached hydrogens (tertiary/aromatic N) is 4. The highest BCUT2D eigenvalue weighted by Crippen LogP contribution is 2.16. The van der Waals surface area contributed by atoms with Crippen LogP contribution in [0.3, 0.4) is 0 Å². The van der Waals surface area contributed by atoms with Crippen LogP contribution < -0.4 is 10.6 Å². The maximum Gasteiger partial charge on any atom is 0.191 e. The first-order valence-electron chi connectivity index (χ1n) is 8.20. The van der Waals surface area contributed by atoms with Crippen LogP contribution in [-0.2, 0) is 6.42 Å². The molecule has 8 heteroatoms. The van der Waals surface area contributed by atoms with Gasteiger partial charge in [-0.05, 0) is 37.1 Å². The van der Waals surface area contributed by atoms with Gasteiger partial charge in [-0.3, -0.25) is 9.39 Å². The summed E-state index contributed by atoms with van der Waals surface area (Å²) < 4.78 is 2.05. The van der Waals surface area contributed by atoms with Crippen LogP contribution in [0.1, 0.15) is 25.1 Å². The Balaban J connectivity index is 0.00000208. The van der Waals surface area contributed by atoms with E-state index in [-0.39, 0.29) is 24.0 Å². The highest BCUT2D eigenvalue weighted by atomic mass is 127. The summed E-state index contributed by atoms with van der Waals surface area (Å²) in [5.41, 5.74) is 0.905. The topological polar surface area (TPSA) is 66.6 Å². The van der Waals surface area contributed by atoms with E-state index in [2.05, 4.69) is 25.8 Å². The fourth-order valence-electron chi connectivity index (χ4n) is 2.76. The number of hydrogen-bond acceptors (Lipinski definition) is 4. The number of aliphatic imine (C=N–C) groups is 1. The van der Waals surface area contributed by atoms with E-state index in [1.54, 1.807) is 0 Å². The molecule has 2 aromatic rings. The maximum absolute atomic E-state index is 4.32. The van der Waals surface area contributed by atoms with Crippen LogP contribution in [0.5, 0.6) is 0 Å². The molecule has 3 heterocycles. The zero-order valence-corrected chi connectivity index (χ0v) is 17.1. The number of hydrogen-bond donors (Lipinski definition) is 2. The zero-order chi connectivity index (χ0) is 15.9. The van der Waals surface area contributed by atoms with Gasteiger partial charge in [-0.25, -0.2) is 0 Å². The molecular formula is C16H25IN6S. The minimum absolute atomic E-state index is 0. The quantitative estimate of drug-likeness (QED) is 0.311. The summed E-state index contributed by atoms with van der Waals surface area (Å²) >= 11 is 2.02. The average molecular weight is 460 g/mol. The van der Waals surface area contributed by atoms with Gasteiger partial charge in [0, 0.05) is 38.0 Å². The van der Waals surface area contributed by atoms with Crippen molar-refractivity contribution in [2.45, 2.75) is 31.7 Å². The molecule has 0 aromatic carbocycles. The number of pyridine rings is 1. The summed E-state index contributed by atoms with van der Waals surface area (Å²) in [6.45, 7) is 0.876. The highest BCUT2D eigenvalue weighted by molar-refractivity contribution is 14.0. The van der Waals surface area contributed by atoms with Crippen LogP contribution in [0.4, 0.5) is 0 Å². The second-order valence-electron chi connectivity index (χ2n) is 5.71. The van der Waals surface area contributed by atoms with Gasteiger partial charge in [0.05, 0.1) is 0 Å². The maximum atomic E-state index is 4.32. The van der Waals surface area contributed by atoms with E-state index in [9.17, 15) is 0 Å². The van der Waals surface area contributed by atoms with Crippen molar-refractivity contribution >= 4 is 47.3 Å². The van der Waals surface area contributed by atoms with E-state index in [1.807, 2.05) is 47.6 Å². The number of fused-ring (bicyclic) bond motifs is 1. The molecule has 1 saturated heterocycles.